The first-order valence-electron chi connectivity index (χ1n) is 25.7. The number of fused-ring (bicyclic) bond motifs is 2. The van der Waals surface area contributed by atoms with Crippen molar-refractivity contribution >= 4 is 103 Å². The minimum Gasteiger partial charge on any atom is -0.492 e. The maximum atomic E-state index is 15.2. The molecule has 3 amide bonds. The van der Waals surface area contributed by atoms with Crippen LogP contribution in [-0.2, 0) is 31.8 Å². The number of rotatable bonds is 14. The summed E-state index contributed by atoms with van der Waals surface area (Å²) in [5.41, 5.74) is 6.20. The van der Waals surface area contributed by atoms with E-state index in [4.69, 9.17) is 19.1 Å². The molecular formula is C53H62BrFN11O7P. The molecule has 4 aliphatic rings. The van der Waals surface area contributed by atoms with E-state index in [-0.39, 0.29) is 35.8 Å². The number of aryl methyl sites for hydroxylation is 2. The number of carbonyl (C=O) groups is 3. The third kappa shape index (κ3) is 10.2. The lowest BCUT2D eigenvalue weighted by Gasteiger charge is -2.44. The van der Waals surface area contributed by atoms with E-state index in [1.807, 2.05) is 41.0 Å². The molecule has 4 aliphatic heterocycles. The number of amides is 3. The molecular weight excluding hydrogens is 1030 g/mol. The van der Waals surface area contributed by atoms with Gasteiger partial charge in [0.25, 0.3) is 0 Å². The van der Waals surface area contributed by atoms with E-state index in [1.165, 1.54) is 17.7 Å². The van der Waals surface area contributed by atoms with Gasteiger partial charge in [-0.05, 0) is 105 Å². The molecule has 0 bridgehead atoms. The highest BCUT2D eigenvalue weighted by Crippen LogP contribution is 2.43. The number of imide groups is 1. The van der Waals surface area contributed by atoms with Gasteiger partial charge in [-0.25, -0.2) is 14.2 Å². The largest absolute Gasteiger partial charge is 0.492 e. The van der Waals surface area contributed by atoms with Gasteiger partial charge in [0.05, 0.1) is 45.1 Å². The molecule has 4 fully saturated rings. The van der Waals surface area contributed by atoms with Crippen molar-refractivity contribution in [2.24, 2.45) is 5.92 Å². The third-order valence-electron chi connectivity index (χ3n) is 14.9. The van der Waals surface area contributed by atoms with Gasteiger partial charge in [-0.3, -0.25) is 34.2 Å². The van der Waals surface area contributed by atoms with Gasteiger partial charge in [0.1, 0.15) is 30.6 Å². The Hall–Kier alpha value is -6.37. The Labute approximate surface area is 436 Å². The van der Waals surface area contributed by atoms with Gasteiger partial charge in [0, 0.05) is 111 Å². The summed E-state index contributed by atoms with van der Waals surface area (Å²) in [7, 11) is -2.77. The van der Waals surface area contributed by atoms with E-state index < -0.39 is 36.6 Å². The normalized spacial score (nSPS) is 19.1. The fourth-order valence-corrected chi connectivity index (χ4v) is 13.0. The quantitative estimate of drug-likeness (QED) is 0.0707. The monoisotopic (exact) mass is 1090 g/mol. The Morgan fingerprint density at radius 1 is 0.878 bits per heavy atom. The highest BCUT2D eigenvalue weighted by molar-refractivity contribution is 9.10. The van der Waals surface area contributed by atoms with E-state index in [9.17, 15) is 23.7 Å². The van der Waals surface area contributed by atoms with Crippen LogP contribution >= 0.6 is 23.1 Å². The summed E-state index contributed by atoms with van der Waals surface area (Å²) in [6, 6.07) is 14.0. The first kappa shape index (κ1) is 51.1. The van der Waals surface area contributed by atoms with Crippen LogP contribution in [0.25, 0.3) is 22.0 Å². The summed E-state index contributed by atoms with van der Waals surface area (Å²) in [4.78, 5) is 74.6. The minimum atomic E-state index is -2.77. The lowest BCUT2D eigenvalue weighted by atomic mass is 9.99. The van der Waals surface area contributed by atoms with Crippen molar-refractivity contribution in [3.8, 4) is 5.75 Å². The molecule has 2 atom stereocenters. The average Bonchev–Trinajstić information content (AvgIpc) is 4.02. The zero-order valence-electron chi connectivity index (χ0n) is 42.4. The highest BCUT2D eigenvalue weighted by atomic mass is 79.9. The lowest BCUT2D eigenvalue weighted by molar-refractivity contribution is -0.137. The van der Waals surface area contributed by atoms with Crippen LogP contribution in [0.4, 0.5) is 38.9 Å². The van der Waals surface area contributed by atoms with Crippen LogP contribution < -0.4 is 41.5 Å². The molecule has 0 saturated carbocycles. The molecule has 3 aromatic heterocycles. The highest BCUT2D eigenvalue weighted by Gasteiger charge is 2.38. The van der Waals surface area contributed by atoms with Crippen molar-refractivity contribution in [2.75, 3.05) is 92.7 Å². The number of anilines is 6. The average molecular weight is 1100 g/mol. The molecule has 74 heavy (non-hydrogen) atoms. The fraction of sp³-hybridized carbons (Fsp3) is 0.453. The Kier molecular flexibility index (Phi) is 14.6. The number of hydrogen-bond acceptors (Lipinski definition) is 15. The summed E-state index contributed by atoms with van der Waals surface area (Å²) in [6.45, 7) is 15.6. The second kappa shape index (κ2) is 21.1. The Morgan fingerprint density at radius 2 is 1.65 bits per heavy atom. The number of aromatic nitrogens is 4. The lowest BCUT2D eigenvalue weighted by Crippen LogP contribution is -2.55. The topological polar surface area (TPSA) is 200 Å². The van der Waals surface area contributed by atoms with Gasteiger partial charge < -0.3 is 39.1 Å². The number of nitrogens with one attached hydrogen (secondary N) is 3. The van der Waals surface area contributed by atoms with Gasteiger partial charge in [0.2, 0.25) is 23.7 Å². The number of hydrogen-bond donors (Lipinski definition) is 3. The van der Waals surface area contributed by atoms with E-state index in [2.05, 4.69) is 72.6 Å². The van der Waals surface area contributed by atoms with Crippen LogP contribution in [0.15, 0.2) is 68.4 Å². The van der Waals surface area contributed by atoms with Gasteiger partial charge in [0.15, 0.2) is 5.58 Å². The number of pyridine rings is 1. The van der Waals surface area contributed by atoms with E-state index in [1.54, 1.807) is 19.5 Å². The molecule has 3 aromatic carbocycles. The Balaban J connectivity index is 0.763. The Bertz CT molecular complexity index is 3270. The maximum absolute atomic E-state index is 15.2. The molecule has 0 spiro atoms. The molecule has 21 heteroatoms. The molecule has 0 aliphatic carbocycles. The van der Waals surface area contributed by atoms with Crippen LogP contribution in [0.2, 0.25) is 0 Å². The predicted molar refractivity (Wildman–Crippen MR) is 289 cm³/mol. The van der Waals surface area contributed by atoms with E-state index >= 15 is 4.39 Å². The first-order valence-corrected chi connectivity index (χ1v) is 29.1. The van der Waals surface area contributed by atoms with Crippen LogP contribution in [-0.4, -0.2) is 125 Å². The van der Waals surface area contributed by atoms with Crippen molar-refractivity contribution in [1.29, 1.82) is 0 Å². The number of carbonyl (C=O) groups excluding carboxylic acids is 3. The van der Waals surface area contributed by atoms with Crippen LogP contribution in [0.5, 0.6) is 5.75 Å². The van der Waals surface area contributed by atoms with Gasteiger partial charge >= 0.3 is 5.76 Å². The summed E-state index contributed by atoms with van der Waals surface area (Å²) in [5.74, 6) is -1.11. The molecule has 18 nitrogen and oxygen atoms in total. The molecule has 4 saturated heterocycles. The minimum absolute atomic E-state index is 0.0547. The van der Waals surface area contributed by atoms with Crippen molar-refractivity contribution < 1.29 is 32.5 Å². The number of oxazole rings is 1. The summed E-state index contributed by atoms with van der Waals surface area (Å²) in [6.07, 6.45) is 5.98. The molecule has 2 unspecified atom stereocenters. The standard InChI is InChI=1S/C53H62BrFN11O7P/c1-6-31-25-40(59-52-56-29-37(54)49(61-52)58-39-12-11-38-36(48(39)74(4,5)71)10-9-34(7-2)57-38)45(72-8-3)28-42(31)63-19-16-35(17-20-63)62-21-23-64(24-22-62)51(69)32-15-18-65(30-32)43-26-33(55)27-44-47(43)73-53(70)66(44)41-13-14-46(67)60-50(41)68/h9-12,25-29,32,35,41H,6-8,13-24,30H2,1-5H3,(H,60,67,68)(H2,56,58,59,61). The summed E-state index contributed by atoms with van der Waals surface area (Å²) < 4.78 is 42.6. The second-order valence-electron chi connectivity index (χ2n) is 19.9. The number of benzene rings is 3. The van der Waals surface area contributed by atoms with E-state index in [0.29, 0.717) is 78.6 Å². The number of nitrogens with zero attached hydrogens (tertiary/aromatic N) is 8. The molecule has 3 N–H and O–H groups in total. The SMILES string of the molecule is CCOc1cc(N2CCC(N3CCN(C(=O)C4CCN(c5cc(F)cc6c5oc(=O)n6C5CCC(=O)NC5=O)C4)CC3)CC2)c(CC)cc1Nc1ncc(Br)c(Nc2ccc3nc(CC)ccc3c2P(C)(C)=O)n1. The van der Waals surface area contributed by atoms with Crippen molar-refractivity contribution in [2.45, 2.75) is 77.8 Å². The van der Waals surface area contributed by atoms with Crippen LogP contribution in [0, 0.1) is 11.7 Å². The maximum Gasteiger partial charge on any atom is 0.420 e. The van der Waals surface area contributed by atoms with Crippen molar-refractivity contribution in [1.82, 2.24) is 34.6 Å². The Morgan fingerprint density at radius 3 is 2.36 bits per heavy atom. The van der Waals surface area contributed by atoms with Gasteiger partial charge in [-0.1, -0.05) is 19.9 Å². The molecule has 6 aromatic rings. The van der Waals surface area contributed by atoms with E-state index in [0.717, 1.165) is 89.7 Å². The zero-order valence-corrected chi connectivity index (χ0v) is 44.9. The zero-order chi connectivity index (χ0) is 52.0. The summed E-state index contributed by atoms with van der Waals surface area (Å²) in [5, 5.41) is 10.7. The number of piperazine rings is 1. The third-order valence-corrected chi connectivity index (χ3v) is 17.1. The predicted octanol–water partition coefficient (Wildman–Crippen LogP) is 7.71. The van der Waals surface area contributed by atoms with Gasteiger partial charge in [-0.2, -0.15) is 4.98 Å². The molecule has 10 rings (SSSR count). The van der Waals surface area contributed by atoms with Crippen LogP contribution in [0.3, 0.4) is 0 Å². The molecule has 390 valence electrons. The van der Waals surface area contributed by atoms with Crippen molar-refractivity contribution in [3.05, 3.63) is 86.8 Å². The van der Waals surface area contributed by atoms with Crippen molar-refractivity contribution in [3.63, 3.8) is 0 Å². The van der Waals surface area contributed by atoms with Crippen LogP contribution in [0.1, 0.15) is 70.2 Å². The molecule has 0 radical (unpaired) electrons. The number of halogens is 2. The summed E-state index contributed by atoms with van der Waals surface area (Å²) >= 11 is 3.63. The van der Waals surface area contributed by atoms with Gasteiger partial charge in [-0.15, -0.1) is 0 Å². The first-order chi connectivity index (χ1) is 35.6. The number of piperidine rings is 2. The smallest absolute Gasteiger partial charge is 0.420 e. The molecule has 7 heterocycles. The fourth-order valence-electron chi connectivity index (χ4n) is 11.2. The second-order valence-corrected chi connectivity index (χ2v) is 23.9. The number of ether oxygens (including phenoxy) is 1.